The van der Waals surface area contributed by atoms with E-state index in [0.29, 0.717) is 18.1 Å². The molecule has 0 fully saturated rings. The van der Waals surface area contributed by atoms with E-state index in [2.05, 4.69) is 32.2 Å². The van der Waals surface area contributed by atoms with E-state index < -0.39 is 5.66 Å². The van der Waals surface area contributed by atoms with Gasteiger partial charge in [0.1, 0.15) is 17.2 Å². The Morgan fingerprint density at radius 1 is 1.20 bits per heavy atom. The Morgan fingerprint density at radius 3 is 2.64 bits per heavy atom. The van der Waals surface area contributed by atoms with Gasteiger partial charge >= 0.3 is 0 Å². The zero-order valence-corrected chi connectivity index (χ0v) is 15.3. The van der Waals surface area contributed by atoms with Gasteiger partial charge in [-0.25, -0.2) is 0 Å². The summed E-state index contributed by atoms with van der Waals surface area (Å²) in [5.41, 5.74) is 2.60. The van der Waals surface area contributed by atoms with Crippen LogP contribution in [0.5, 0.6) is 11.5 Å². The van der Waals surface area contributed by atoms with Crippen LogP contribution in [0.25, 0.3) is 0 Å². The molecule has 2 aromatic carbocycles. The molecule has 0 radical (unpaired) electrons. The Labute approximate surface area is 149 Å². The fourth-order valence-electron chi connectivity index (χ4n) is 3.21. The van der Waals surface area contributed by atoms with Gasteiger partial charge in [-0.1, -0.05) is 44.2 Å². The van der Waals surface area contributed by atoms with Crippen LogP contribution in [-0.2, 0) is 0 Å². The number of aliphatic imine (C=N–C) groups is 1. The predicted octanol–water partition coefficient (Wildman–Crippen LogP) is 4.30. The molecule has 2 N–H and O–H groups in total. The van der Waals surface area contributed by atoms with Gasteiger partial charge in [0.15, 0.2) is 0 Å². The predicted molar refractivity (Wildman–Crippen MR) is 101 cm³/mol. The highest BCUT2D eigenvalue weighted by molar-refractivity contribution is 6.02. The van der Waals surface area contributed by atoms with Crippen molar-refractivity contribution in [2.45, 2.75) is 38.9 Å². The molecular weight excluding hydrogens is 312 g/mol. The molecular formula is C21H26N2O2. The minimum absolute atomic E-state index is 0.00676. The van der Waals surface area contributed by atoms with Crippen molar-refractivity contribution in [2.75, 3.05) is 7.11 Å². The van der Waals surface area contributed by atoms with Crippen molar-refractivity contribution >= 4 is 5.71 Å². The third kappa shape index (κ3) is 3.54. The number of para-hydroxylation sites is 1. The number of methoxy groups -OCH3 is 1. The number of nitrogens with zero attached hydrogens (tertiary/aromatic N) is 1. The van der Waals surface area contributed by atoms with Crippen LogP contribution in [-0.4, -0.2) is 23.6 Å². The van der Waals surface area contributed by atoms with Crippen LogP contribution in [0, 0.1) is 5.92 Å². The number of aromatic hydroxyl groups is 1. The average Bonchev–Trinajstić information content (AvgIpc) is 2.61. The SMILES string of the molecule is COc1cccc(C2=N[C@@](C)(C(C)C)N[C@H](c3ccccc3O)C2)c1. The molecule has 0 aromatic heterocycles. The van der Waals surface area contributed by atoms with E-state index >= 15 is 0 Å². The molecule has 0 saturated heterocycles. The fraction of sp³-hybridized carbons (Fsp3) is 0.381. The lowest BCUT2D eigenvalue weighted by molar-refractivity contribution is 0.229. The zero-order valence-electron chi connectivity index (χ0n) is 15.3. The number of hydrogen-bond donors (Lipinski definition) is 2. The van der Waals surface area contributed by atoms with E-state index in [0.717, 1.165) is 22.6 Å². The Bertz CT molecular complexity index is 785. The molecule has 0 spiro atoms. The molecule has 3 rings (SSSR count). The number of rotatable bonds is 4. The molecule has 2 atom stereocenters. The maximum absolute atomic E-state index is 10.3. The third-order valence-electron chi connectivity index (χ3n) is 5.07. The zero-order chi connectivity index (χ0) is 18.0. The van der Waals surface area contributed by atoms with Crippen molar-refractivity contribution in [3.63, 3.8) is 0 Å². The first-order chi connectivity index (χ1) is 11.9. The van der Waals surface area contributed by atoms with Crippen LogP contribution in [0.3, 0.4) is 0 Å². The number of nitrogens with one attached hydrogen (secondary N) is 1. The van der Waals surface area contributed by atoms with Crippen molar-refractivity contribution in [1.29, 1.82) is 0 Å². The van der Waals surface area contributed by atoms with Gasteiger partial charge in [-0.05, 0) is 36.6 Å². The van der Waals surface area contributed by atoms with Crippen LogP contribution in [0.1, 0.15) is 44.4 Å². The lowest BCUT2D eigenvalue weighted by Gasteiger charge is -2.40. The van der Waals surface area contributed by atoms with Crippen LogP contribution >= 0.6 is 0 Å². The Morgan fingerprint density at radius 2 is 1.96 bits per heavy atom. The highest BCUT2D eigenvalue weighted by Gasteiger charge is 2.36. The first-order valence-corrected chi connectivity index (χ1v) is 8.71. The molecule has 25 heavy (non-hydrogen) atoms. The normalized spacial score (nSPS) is 23.4. The van der Waals surface area contributed by atoms with E-state index in [1.807, 2.05) is 36.4 Å². The maximum Gasteiger partial charge on any atom is 0.120 e. The second-order valence-electron chi connectivity index (χ2n) is 7.05. The van der Waals surface area contributed by atoms with Crippen LogP contribution in [0.2, 0.25) is 0 Å². The van der Waals surface area contributed by atoms with Gasteiger partial charge < -0.3 is 9.84 Å². The van der Waals surface area contributed by atoms with Crippen LogP contribution in [0.15, 0.2) is 53.5 Å². The molecule has 1 aliphatic rings. The molecule has 2 aromatic rings. The first-order valence-electron chi connectivity index (χ1n) is 8.71. The van der Waals surface area contributed by atoms with E-state index in [1.54, 1.807) is 13.2 Å². The number of benzene rings is 2. The summed E-state index contributed by atoms with van der Waals surface area (Å²) in [6.07, 6.45) is 0.715. The lowest BCUT2D eigenvalue weighted by Crippen LogP contribution is -2.51. The second-order valence-corrected chi connectivity index (χ2v) is 7.05. The van der Waals surface area contributed by atoms with Gasteiger partial charge in [-0.3, -0.25) is 10.3 Å². The summed E-state index contributed by atoms with van der Waals surface area (Å²) in [5.74, 6) is 1.45. The van der Waals surface area contributed by atoms with Crippen LogP contribution < -0.4 is 10.1 Å². The maximum atomic E-state index is 10.3. The third-order valence-corrected chi connectivity index (χ3v) is 5.07. The summed E-state index contributed by atoms with van der Waals surface area (Å²) in [5, 5.41) is 13.9. The molecule has 0 saturated carbocycles. The number of phenols is 1. The van der Waals surface area contributed by atoms with Gasteiger partial charge in [0.2, 0.25) is 0 Å². The minimum Gasteiger partial charge on any atom is -0.508 e. The van der Waals surface area contributed by atoms with Crippen molar-refractivity contribution < 1.29 is 9.84 Å². The number of phenolic OH excluding ortho intramolecular Hbond substituents is 1. The van der Waals surface area contributed by atoms with Gasteiger partial charge in [0.25, 0.3) is 0 Å². The van der Waals surface area contributed by atoms with Gasteiger partial charge in [-0.15, -0.1) is 0 Å². The van der Waals surface area contributed by atoms with Crippen molar-refractivity contribution in [2.24, 2.45) is 10.9 Å². The largest absolute Gasteiger partial charge is 0.508 e. The summed E-state index contributed by atoms with van der Waals surface area (Å²) < 4.78 is 5.37. The molecule has 0 bridgehead atoms. The number of ether oxygens (including phenoxy) is 1. The highest BCUT2D eigenvalue weighted by atomic mass is 16.5. The van der Waals surface area contributed by atoms with Crippen molar-refractivity contribution in [3.05, 3.63) is 59.7 Å². The van der Waals surface area contributed by atoms with Gasteiger partial charge in [0.05, 0.1) is 7.11 Å². The van der Waals surface area contributed by atoms with E-state index in [9.17, 15) is 5.11 Å². The molecule has 132 valence electrons. The van der Waals surface area contributed by atoms with Gasteiger partial charge in [0, 0.05) is 23.7 Å². The van der Waals surface area contributed by atoms with E-state index in [-0.39, 0.29) is 6.04 Å². The van der Waals surface area contributed by atoms with Crippen molar-refractivity contribution in [3.8, 4) is 11.5 Å². The lowest BCUT2D eigenvalue weighted by atomic mass is 9.88. The quantitative estimate of drug-likeness (QED) is 0.874. The van der Waals surface area contributed by atoms with Crippen LogP contribution in [0.4, 0.5) is 0 Å². The first kappa shape index (κ1) is 17.5. The molecule has 0 unspecified atom stereocenters. The van der Waals surface area contributed by atoms with E-state index in [4.69, 9.17) is 9.73 Å². The summed E-state index contributed by atoms with van der Waals surface area (Å²) in [6.45, 7) is 6.43. The fourth-order valence-corrected chi connectivity index (χ4v) is 3.21. The van der Waals surface area contributed by atoms with Gasteiger partial charge in [-0.2, -0.15) is 0 Å². The monoisotopic (exact) mass is 338 g/mol. The van der Waals surface area contributed by atoms with E-state index in [1.165, 1.54) is 0 Å². The Balaban J connectivity index is 2.04. The minimum atomic E-state index is -0.399. The number of hydrogen-bond acceptors (Lipinski definition) is 4. The average molecular weight is 338 g/mol. The molecule has 4 heteroatoms. The summed E-state index contributed by atoms with van der Waals surface area (Å²) in [7, 11) is 1.67. The standard InChI is InChI=1S/C21H26N2O2/c1-14(2)21(3)22-18(15-8-7-9-16(12-15)25-4)13-19(23-21)17-10-5-6-11-20(17)24/h5-12,14,19,23-24H,13H2,1-4H3/t19-,21+/m0/s1. The smallest absolute Gasteiger partial charge is 0.120 e. The summed E-state index contributed by atoms with van der Waals surface area (Å²) >= 11 is 0. The topological polar surface area (TPSA) is 53.8 Å². The molecule has 1 aliphatic heterocycles. The highest BCUT2D eigenvalue weighted by Crippen LogP contribution is 2.36. The summed E-state index contributed by atoms with van der Waals surface area (Å²) in [4.78, 5) is 5.03. The summed E-state index contributed by atoms with van der Waals surface area (Å²) in [6, 6.07) is 15.5. The molecule has 1 heterocycles. The van der Waals surface area contributed by atoms with Crippen molar-refractivity contribution in [1.82, 2.24) is 5.32 Å². The molecule has 0 aliphatic carbocycles. The molecule has 4 nitrogen and oxygen atoms in total. The Hall–Kier alpha value is -2.33. The Kier molecular flexibility index (Phi) is 4.82. The second kappa shape index (κ2) is 6.89. The molecule has 0 amide bonds.